The van der Waals surface area contributed by atoms with Crippen molar-refractivity contribution in [2.75, 3.05) is 13.7 Å². The van der Waals surface area contributed by atoms with Gasteiger partial charge in [0.25, 0.3) is 0 Å². The topological polar surface area (TPSA) is 46.6 Å². The molecule has 4 heteroatoms. The van der Waals surface area contributed by atoms with Crippen molar-refractivity contribution in [3.05, 3.63) is 65.7 Å². The summed E-state index contributed by atoms with van der Waals surface area (Å²) in [6.07, 6.45) is 4.95. The van der Waals surface area contributed by atoms with E-state index in [1.807, 2.05) is 48.5 Å². The van der Waals surface area contributed by atoms with Gasteiger partial charge in [-0.3, -0.25) is 14.5 Å². The summed E-state index contributed by atoms with van der Waals surface area (Å²) in [7, 11) is 1.65. The minimum atomic E-state index is -0.385. The SMILES string of the molecule is COc1cccc([C@@]23CCCC[C@@H]2C(=O)N(CCc2ccccc2)C(=O)C3)c1. The number of hydrogen-bond donors (Lipinski definition) is 0. The van der Waals surface area contributed by atoms with Crippen LogP contribution in [0.1, 0.15) is 43.2 Å². The molecule has 2 aromatic rings. The van der Waals surface area contributed by atoms with E-state index < -0.39 is 0 Å². The Kier molecular flexibility index (Phi) is 5.21. The summed E-state index contributed by atoms with van der Waals surface area (Å²) in [5.41, 5.74) is 1.84. The van der Waals surface area contributed by atoms with Crippen LogP contribution in [0.3, 0.4) is 0 Å². The molecule has 2 amide bonds. The highest BCUT2D eigenvalue weighted by molar-refractivity contribution is 6.01. The smallest absolute Gasteiger partial charge is 0.233 e. The summed E-state index contributed by atoms with van der Waals surface area (Å²) in [5, 5.41) is 0. The first-order valence-electron chi connectivity index (χ1n) is 10.2. The van der Waals surface area contributed by atoms with Gasteiger partial charge in [0.1, 0.15) is 5.75 Å². The molecule has 28 heavy (non-hydrogen) atoms. The van der Waals surface area contributed by atoms with Crippen LogP contribution in [0.2, 0.25) is 0 Å². The fourth-order valence-electron chi connectivity index (χ4n) is 4.99. The van der Waals surface area contributed by atoms with Crippen LogP contribution < -0.4 is 4.74 Å². The molecule has 4 rings (SSSR count). The van der Waals surface area contributed by atoms with Gasteiger partial charge in [-0.15, -0.1) is 0 Å². The summed E-state index contributed by atoms with van der Waals surface area (Å²) in [4.78, 5) is 28.0. The minimum absolute atomic E-state index is 0.00898. The van der Waals surface area contributed by atoms with Gasteiger partial charge < -0.3 is 4.74 Å². The Morgan fingerprint density at radius 3 is 2.68 bits per heavy atom. The van der Waals surface area contributed by atoms with Crippen molar-refractivity contribution in [3.63, 3.8) is 0 Å². The second kappa shape index (κ2) is 7.78. The number of imide groups is 1. The molecule has 4 nitrogen and oxygen atoms in total. The maximum absolute atomic E-state index is 13.4. The fraction of sp³-hybridized carbons (Fsp3) is 0.417. The molecule has 0 aromatic heterocycles. The Bertz CT molecular complexity index is 863. The van der Waals surface area contributed by atoms with Crippen LogP contribution in [-0.4, -0.2) is 30.4 Å². The molecule has 146 valence electrons. The summed E-state index contributed by atoms with van der Waals surface area (Å²) >= 11 is 0. The maximum atomic E-state index is 13.4. The number of piperidine rings is 1. The first-order valence-corrected chi connectivity index (χ1v) is 10.2. The number of likely N-dealkylation sites (tertiary alicyclic amines) is 1. The van der Waals surface area contributed by atoms with Crippen LogP contribution in [-0.2, 0) is 21.4 Å². The summed E-state index contributed by atoms with van der Waals surface area (Å²) in [6.45, 7) is 0.465. The monoisotopic (exact) mass is 377 g/mol. The highest BCUT2D eigenvalue weighted by Gasteiger charge is 2.53. The average molecular weight is 377 g/mol. The Labute approximate surface area is 166 Å². The van der Waals surface area contributed by atoms with Crippen molar-refractivity contribution in [1.82, 2.24) is 4.90 Å². The van der Waals surface area contributed by atoms with Crippen molar-refractivity contribution >= 4 is 11.8 Å². The van der Waals surface area contributed by atoms with E-state index in [0.29, 0.717) is 19.4 Å². The van der Waals surface area contributed by atoms with Gasteiger partial charge in [-0.1, -0.05) is 55.3 Å². The van der Waals surface area contributed by atoms with Crippen LogP contribution >= 0.6 is 0 Å². The molecule has 1 heterocycles. The largest absolute Gasteiger partial charge is 0.497 e. The van der Waals surface area contributed by atoms with E-state index in [1.54, 1.807) is 7.11 Å². The number of carbonyl (C=O) groups excluding carboxylic acids is 2. The molecule has 2 atom stereocenters. The molecule has 1 saturated carbocycles. The normalized spacial score (nSPS) is 24.8. The van der Waals surface area contributed by atoms with Crippen molar-refractivity contribution in [2.24, 2.45) is 5.92 Å². The molecule has 1 saturated heterocycles. The van der Waals surface area contributed by atoms with Gasteiger partial charge in [-0.25, -0.2) is 0 Å². The molecule has 1 aliphatic carbocycles. The third kappa shape index (κ3) is 3.32. The zero-order chi connectivity index (χ0) is 19.6. The first-order chi connectivity index (χ1) is 13.6. The molecule has 0 bridgehead atoms. The van der Waals surface area contributed by atoms with Crippen molar-refractivity contribution < 1.29 is 14.3 Å². The molecule has 0 unspecified atom stereocenters. The zero-order valence-corrected chi connectivity index (χ0v) is 16.4. The van der Waals surface area contributed by atoms with E-state index in [4.69, 9.17) is 4.74 Å². The van der Waals surface area contributed by atoms with Gasteiger partial charge in [0.2, 0.25) is 11.8 Å². The highest BCUT2D eigenvalue weighted by Crippen LogP contribution is 2.50. The lowest BCUT2D eigenvalue weighted by Crippen LogP contribution is -2.57. The van der Waals surface area contributed by atoms with Crippen molar-refractivity contribution in [1.29, 1.82) is 0 Å². The second-order valence-electron chi connectivity index (χ2n) is 7.98. The molecule has 0 spiro atoms. The fourth-order valence-corrected chi connectivity index (χ4v) is 4.99. The lowest BCUT2D eigenvalue weighted by atomic mass is 9.58. The number of hydrogen-bond acceptors (Lipinski definition) is 3. The summed E-state index contributed by atoms with van der Waals surface area (Å²) in [6, 6.07) is 18.0. The van der Waals surface area contributed by atoms with E-state index >= 15 is 0 Å². The lowest BCUT2D eigenvalue weighted by molar-refractivity contribution is -0.157. The molecular weight excluding hydrogens is 350 g/mol. The first kappa shape index (κ1) is 18.7. The number of fused-ring (bicyclic) bond motifs is 1. The predicted molar refractivity (Wildman–Crippen MR) is 108 cm³/mol. The molecule has 0 N–H and O–H groups in total. The van der Waals surface area contributed by atoms with Crippen LogP contribution in [0.5, 0.6) is 5.75 Å². The molecule has 2 aliphatic rings. The Hall–Kier alpha value is -2.62. The van der Waals surface area contributed by atoms with Crippen LogP contribution in [0.25, 0.3) is 0 Å². The van der Waals surface area contributed by atoms with Crippen LogP contribution in [0, 0.1) is 5.92 Å². The van der Waals surface area contributed by atoms with Gasteiger partial charge in [0.15, 0.2) is 0 Å². The molecule has 0 radical (unpaired) electrons. The van der Waals surface area contributed by atoms with Crippen LogP contribution in [0.15, 0.2) is 54.6 Å². The maximum Gasteiger partial charge on any atom is 0.233 e. The van der Waals surface area contributed by atoms with Crippen molar-refractivity contribution in [3.8, 4) is 5.75 Å². The second-order valence-corrected chi connectivity index (χ2v) is 7.98. The van der Waals surface area contributed by atoms with E-state index in [1.165, 1.54) is 4.90 Å². The third-order valence-electron chi connectivity index (χ3n) is 6.48. The van der Waals surface area contributed by atoms with Gasteiger partial charge in [0.05, 0.1) is 7.11 Å². The average Bonchev–Trinajstić information content (AvgIpc) is 2.74. The lowest BCUT2D eigenvalue weighted by Gasteiger charge is -2.49. The molecule has 2 fully saturated rings. The Morgan fingerprint density at radius 2 is 1.89 bits per heavy atom. The minimum Gasteiger partial charge on any atom is -0.497 e. The number of rotatable bonds is 5. The number of nitrogens with zero attached hydrogens (tertiary/aromatic N) is 1. The standard InChI is InChI=1S/C24H27NO3/c1-28-20-11-7-10-19(16-20)24-14-6-5-12-21(24)23(27)25(22(26)17-24)15-13-18-8-3-2-4-9-18/h2-4,7-11,16,21H,5-6,12-15,17H2,1H3/t21-,24+/m1/s1. The molecule has 2 aromatic carbocycles. The summed E-state index contributed by atoms with van der Waals surface area (Å²) < 4.78 is 5.40. The third-order valence-corrected chi connectivity index (χ3v) is 6.48. The van der Waals surface area contributed by atoms with Crippen LogP contribution in [0.4, 0.5) is 0 Å². The zero-order valence-electron chi connectivity index (χ0n) is 16.4. The van der Waals surface area contributed by atoms with Gasteiger partial charge in [-0.2, -0.15) is 0 Å². The van der Waals surface area contributed by atoms with E-state index in [0.717, 1.165) is 42.6 Å². The van der Waals surface area contributed by atoms with Gasteiger partial charge >= 0.3 is 0 Å². The van der Waals surface area contributed by atoms with E-state index in [-0.39, 0.29) is 23.1 Å². The molecule has 1 aliphatic heterocycles. The number of benzene rings is 2. The summed E-state index contributed by atoms with van der Waals surface area (Å²) in [5.74, 6) is 0.626. The molecular formula is C24H27NO3. The van der Waals surface area contributed by atoms with E-state index in [2.05, 4.69) is 6.07 Å². The van der Waals surface area contributed by atoms with Crippen molar-refractivity contribution in [2.45, 2.75) is 43.9 Å². The number of carbonyl (C=O) groups is 2. The number of ether oxygens (including phenoxy) is 1. The number of amides is 2. The Morgan fingerprint density at radius 1 is 1.07 bits per heavy atom. The number of methoxy groups -OCH3 is 1. The van der Waals surface area contributed by atoms with Gasteiger partial charge in [0, 0.05) is 24.3 Å². The predicted octanol–water partition coefficient (Wildman–Crippen LogP) is 4.12. The quantitative estimate of drug-likeness (QED) is 0.736. The highest BCUT2D eigenvalue weighted by atomic mass is 16.5. The van der Waals surface area contributed by atoms with E-state index in [9.17, 15) is 9.59 Å². The van der Waals surface area contributed by atoms with Gasteiger partial charge in [-0.05, 0) is 42.5 Å². The Balaban J connectivity index is 1.61.